The molecule has 1 saturated carbocycles. The van der Waals surface area contributed by atoms with Crippen LogP contribution < -0.4 is 10.5 Å². The molecular formula is C12H15BrFNO. The minimum absolute atomic E-state index is 0.0157. The summed E-state index contributed by atoms with van der Waals surface area (Å²) < 4.78 is 19.5. The van der Waals surface area contributed by atoms with Crippen molar-refractivity contribution >= 4 is 15.9 Å². The highest BCUT2D eigenvalue weighted by Crippen LogP contribution is 2.54. The van der Waals surface area contributed by atoms with E-state index in [1.54, 1.807) is 6.07 Å². The molecule has 2 rings (SSSR count). The molecule has 0 radical (unpaired) electrons. The molecule has 0 aromatic heterocycles. The predicted octanol–water partition coefficient (Wildman–Crippen LogP) is 2.98. The highest BCUT2D eigenvalue weighted by atomic mass is 79.9. The molecule has 0 saturated heterocycles. The van der Waals surface area contributed by atoms with Crippen LogP contribution in [0.1, 0.15) is 25.3 Å². The van der Waals surface area contributed by atoms with Gasteiger partial charge in [0.25, 0.3) is 0 Å². The molecule has 1 atom stereocenters. The van der Waals surface area contributed by atoms with E-state index in [0.29, 0.717) is 10.2 Å². The fourth-order valence-electron chi connectivity index (χ4n) is 2.23. The third-order valence-corrected chi connectivity index (χ3v) is 4.06. The van der Waals surface area contributed by atoms with Gasteiger partial charge in [-0.05, 0) is 41.8 Å². The van der Waals surface area contributed by atoms with Gasteiger partial charge < -0.3 is 10.5 Å². The van der Waals surface area contributed by atoms with Gasteiger partial charge in [-0.1, -0.05) is 6.07 Å². The Morgan fingerprint density at radius 3 is 2.56 bits per heavy atom. The Bertz CT molecular complexity index is 416. The number of benzene rings is 1. The lowest BCUT2D eigenvalue weighted by atomic mass is 9.88. The van der Waals surface area contributed by atoms with Crippen molar-refractivity contribution in [2.24, 2.45) is 5.73 Å². The molecule has 1 aromatic rings. The summed E-state index contributed by atoms with van der Waals surface area (Å²) in [6, 6.07) is 3.64. The first-order chi connectivity index (χ1) is 7.53. The molecule has 4 heteroatoms. The summed E-state index contributed by atoms with van der Waals surface area (Å²) >= 11 is 3.16. The van der Waals surface area contributed by atoms with Crippen molar-refractivity contribution in [3.8, 4) is 5.75 Å². The second kappa shape index (κ2) is 4.00. The van der Waals surface area contributed by atoms with Crippen LogP contribution in [-0.4, -0.2) is 13.2 Å². The third kappa shape index (κ3) is 1.64. The molecule has 16 heavy (non-hydrogen) atoms. The van der Waals surface area contributed by atoms with Gasteiger partial charge in [-0.25, -0.2) is 4.39 Å². The standard InChI is InChI=1S/C12H15BrFNO/c1-7(15)12(5-6-12)8-3-4-9(13)10(14)11(8)16-2/h3-4,7H,5-6,15H2,1-2H3. The Hall–Kier alpha value is -0.610. The summed E-state index contributed by atoms with van der Waals surface area (Å²) in [4.78, 5) is 0. The van der Waals surface area contributed by atoms with Crippen molar-refractivity contribution in [1.29, 1.82) is 0 Å². The van der Waals surface area contributed by atoms with Gasteiger partial charge in [-0.3, -0.25) is 0 Å². The number of nitrogens with two attached hydrogens (primary N) is 1. The smallest absolute Gasteiger partial charge is 0.179 e. The molecule has 0 amide bonds. The topological polar surface area (TPSA) is 35.2 Å². The molecule has 0 spiro atoms. The van der Waals surface area contributed by atoms with E-state index >= 15 is 0 Å². The Kier molecular flexibility index (Phi) is 2.97. The maximum absolute atomic E-state index is 13.9. The lowest BCUT2D eigenvalue weighted by Gasteiger charge is -2.23. The minimum Gasteiger partial charge on any atom is -0.493 e. The predicted molar refractivity (Wildman–Crippen MR) is 65.2 cm³/mol. The molecule has 2 N–H and O–H groups in total. The summed E-state index contributed by atoms with van der Waals surface area (Å²) in [5.41, 5.74) is 6.79. The highest BCUT2D eigenvalue weighted by Gasteiger charge is 2.49. The number of halogens is 2. The van der Waals surface area contributed by atoms with Crippen LogP contribution in [0.4, 0.5) is 4.39 Å². The molecule has 1 aliphatic rings. The van der Waals surface area contributed by atoms with Crippen molar-refractivity contribution in [1.82, 2.24) is 0 Å². The van der Waals surface area contributed by atoms with E-state index in [2.05, 4.69) is 15.9 Å². The minimum atomic E-state index is -0.341. The lowest BCUT2D eigenvalue weighted by Crippen LogP contribution is -2.32. The van der Waals surface area contributed by atoms with E-state index in [0.717, 1.165) is 18.4 Å². The molecule has 2 nitrogen and oxygen atoms in total. The van der Waals surface area contributed by atoms with Crippen LogP contribution in [0.25, 0.3) is 0 Å². The number of hydrogen-bond donors (Lipinski definition) is 1. The molecule has 1 fully saturated rings. The van der Waals surface area contributed by atoms with Crippen LogP contribution >= 0.6 is 15.9 Å². The van der Waals surface area contributed by atoms with E-state index in [1.165, 1.54) is 7.11 Å². The van der Waals surface area contributed by atoms with Crippen molar-refractivity contribution in [3.63, 3.8) is 0 Å². The van der Waals surface area contributed by atoms with E-state index < -0.39 is 0 Å². The normalized spacial score (nSPS) is 19.3. The van der Waals surface area contributed by atoms with Gasteiger partial charge in [0.05, 0.1) is 11.6 Å². The molecule has 1 aromatic carbocycles. The lowest BCUT2D eigenvalue weighted by molar-refractivity contribution is 0.370. The summed E-state index contributed by atoms with van der Waals surface area (Å²) in [5, 5.41) is 0. The second-order valence-electron chi connectivity index (χ2n) is 4.39. The van der Waals surface area contributed by atoms with Crippen molar-refractivity contribution in [2.75, 3.05) is 7.11 Å². The van der Waals surface area contributed by atoms with Crippen LogP contribution in [-0.2, 0) is 5.41 Å². The van der Waals surface area contributed by atoms with E-state index in [4.69, 9.17) is 10.5 Å². The van der Waals surface area contributed by atoms with Gasteiger partial charge >= 0.3 is 0 Å². The number of hydrogen-bond acceptors (Lipinski definition) is 2. The van der Waals surface area contributed by atoms with Crippen LogP contribution in [0.2, 0.25) is 0 Å². The summed E-state index contributed by atoms with van der Waals surface area (Å²) in [6.07, 6.45) is 2.00. The second-order valence-corrected chi connectivity index (χ2v) is 5.24. The van der Waals surface area contributed by atoms with Gasteiger partial charge in [-0.15, -0.1) is 0 Å². The maximum Gasteiger partial charge on any atom is 0.179 e. The zero-order valence-electron chi connectivity index (χ0n) is 9.39. The quantitative estimate of drug-likeness (QED) is 0.928. The monoisotopic (exact) mass is 287 g/mol. The third-order valence-electron chi connectivity index (χ3n) is 3.45. The van der Waals surface area contributed by atoms with E-state index in [-0.39, 0.29) is 17.3 Å². The van der Waals surface area contributed by atoms with Crippen molar-refractivity contribution in [2.45, 2.75) is 31.2 Å². The molecular weight excluding hydrogens is 273 g/mol. The maximum atomic E-state index is 13.9. The highest BCUT2D eigenvalue weighted by molar-refractivity contribution is 9.10. The zero-order chi connectivity index (χ0) is 11.9. The Labute approximate surface area is 103 Å². The van der Waals surface area contributed by atoms with Crippen molar-refractivity contribution in [3.05, 3.63) is 28.0 Å². The number of rotatable bonds is 3. The molecule has 0 aliphatic heterocycles. The zero-order valence-corrected chi connectivity index (χ0v) is 11.0. The molecule has 88 valence electrons. The van der Waals surface area contributed by atoms with Crippen LogP contribution in [0.5, 0.6) is 5.75 Å². The first-order valence-corrected chi connectivity index (χ1v) is 6.10. The number of ether oxygens (including phenoxy) is 1. The average Bonchev–Trinajstić information content (AvgIpc) is 3.02. The molecule has 1 unspecified atom stereocenters. The van der Waals surface area contributed by atoms with Crippen molar-refractivity contribution < 1.29 is 9.13 Å². The number of methoxy groups -OCH3 is 1. The summed E-state index contributed by atoms with van der Waals surface area (Å²) in [6.45, 7) is 1.96. The van der Waals surface area contributed by atoms with E-state index in [9.17, 15) is 4.39 Å². The fourth-order valence-corrected chi connectivity index (χ4v) is 2.54. The first kappa shape index (κ1) is 11.9. The fraction of sp³-hybridized carbons (Fsp3) is 0.500. The van der Waals surface area contributed by atoms with E-state index in [1.807, 2.05) is 13.0 Å². The largest absolute Gasteiger partial charge is 0.493 e. The van der Waals surface area contributed by atoms with Gasteiger partial charge in [-0.2, -0.15) is 0 Å². The van der Waals surface area contributed by atoms with Gasteiger partial charge in [0.1, 0.15) is 0 Å². The summed E-state index contributed by atoms with van der Waals surface area (Å²) in [5.74, 6) is -0.0175. The first-order valence-electron chi connectivity index (χ1n) is 5.31. The average molecular weight is 288 g/mol. The molecule has 1 aliphatic carbocycles. The Balaban J connectivity index is 2.54. The van der Waals surface area contributed by atoms with Gasteiger partial charge in [0.15, 0.2) is 11.6 Å². The van der Waals surface area contributed by atoms with Gasteiger partial charge in [0, 0.05) is 17.0 Å². The Morgan fingerprint density at radius 1 is 1.50 bits per heavy atom. The van der Waals surface area contributed by atoms with Gasteiger partial charge in [0.2, 0.25) is 0 Å². The van der Waals surface area contributed by atoms with Crippen LogP contribution in [0, 0.1) is 5.82 Å². The van der Waals surface area contributed by atoms with Crippen LogP contribution in [0.3, 0.4) is 0 Å². The summed E-state index contributed by atoms with van der Waals surface area (Å²) in [7, 11) is 1.49. The SMILES string of the molecule is COc1c(C2(C(C)N)CC2)ccc(Br)c1F. The Morgan fingerprint density at radius 2 is 2.12 bits per heavy atom. The molecule has 0 bridgehead atoms. The molecule has 0 heterocycles. The van der Waals surface area contributed by atoms with Crippen LogP contribution in [0.15, 0.2) is 16.6 Å².